The molecule has 0 spiro atoms. The zero-order chi connectivity index (χ0) is 15.0. The van der Waals surface area contributed by atoms with E-state index in [1.807, 2.05) is 30.3 Å². The van der Waals surface area contributed by atoms with Crippen molar-refractivity contribution in [2.24, 2.45) is 0 Å². The van der Waals surface area contributed by atoms with Gasteiger partial charge in [0.05, 0.1) is 5.75 Å². The summed E-state index contributed by atoms with van der Waals surface area (Å²) in [6, 6.07) is 9.84. The Kier molecular flexibility index (Phi) is 9.02. The minimum Gasteiger partial charge on any atom is -0.313 e. The molecule has 1 aliphatic rings. The van der Waals surface area contributed by atoms with Gasteiger partial charge in [0, 0.05) is 19.1 Å². The van der Waals surface area contributed by atoms with Crippen LogP contribution in [-0.2, 0) is 15.8 Å². The molecule has 1 saturated carbocycles. The van der Waals surface area contributed by atoms with Crippen LogP contribution in [0.15, 0.2) is 30.3 Å². The summed E-state index contributed by atoms with van der Waals surface area (Å²) in [4.78, 5) is 0. The first-order valence-corrected chi connectivity index (χ1v) is 9.55. The van der Waals surface area contributed by atoms with Crippen molar-refractivity contribution in [2.45, 2.75) is 50.3 Å². The lowest BCUT2D eigenvalue weighted by Crippen LogP contribution is -2.37. The second-order valence-corrected chi connectivity index (χ2v) is 7.59. The molecule has 0 atom stereocenters. The molecule has 0 amide bonds. The van der Waals surface area contributed by atoms with Gasteiger partial charge < -0.3 is 5.32 Å². The summed E-state index contributed by atoms with van der Waals surface area (Å²) < 4.78 is 26.6. The Morgan fingerprint density at radius 3 is 2.23 bits per heavy atom. The van der Waals surface area contributed by atoms with Gasteiger partial charge in [0.25, 0.3) is 0 Å². The van der Waals surface area contributed by atoms with Crippen LogP contribution in [0, 0.1) is 0 Å². The van der Waals surface area contributed by atoms with Gasteiger partial charge >= 0.3 is 0 Å². The highest BCUT2D eigenvalue weighted by molar-refractivity contribution is 7.88. The summed E-state index contributed by atoms with van der Waals surface area (Å²) in [5, 5.41) is 3.47. The first-order chi connectivity index (χ1) is 10.2. The zero-order valence-electron chi connectivity index (χ0n) is 13.0. The Hall–Kier alpha value is -0.620. The van der Waals surface area contributed by atoms with Crippen LogP contribution in [0.25, 0.3) is 0 Å². The average molecular weight is 347 g/mol. The van der Waals surface area contributed by atoms with Gasteiger partial charge in [-0.2, -0.15) is 0 Å². The first kappa shape index (κ1) is 19.4. The molecule has 1 aromatic carbocycles. The minimum atomic E-state index is -3.23. The van der Waals surface area contributed by atoms with Gasteiger partial charge in [-0.15, -0.1) is 12.4 Å². The third-order valence-corrected chi connectivity index (χ3v) is 5.29. The standard InChI is InChI=1S/C16H26N2O2S.ClH/c19-21(20,14-15-8-4-3-5-9-15)18-13-12-17-16-10-6-1-2-7-11-16;/h3-5,8-9,16-18H,1-2,6-7,10-14H2;1H. The molecule has 2 rings (SSSR count). The molecule has 0 saturated heterocycles. The van der Waals surface area contributed by atoms with Gasteiger partial charge in [0.1, 0.15) is 0 Å². The lowest BCUT2D eigenvalue weighted by Gasteiger charge is -2.16. The van der Waals surface area contributed by atoms with Gasteiger partial charge in [-0.05, 0) is 18.4 Å². The number of nitrogens with one attached hydrogen (secondary N) is 2. The molecule has 1 aliphatic carbocycles. The molecular formula is C16H27ClN2O2S. The fourth-order valence-corrected chi connectivity index (χ4v) is 3.96. The molecular weight excluding hydrogens is 320 g/mol. The smallest absolute Gasteiger partial charge is 0.215 e. The van der Waals surface area contributed by atoms with Gasteiger partial charge in [-0.3, -0.25) is 0 Å². The highest BCUT2D eigenvalue weighted by atomic mass is 35.5. The Morgan fingerprint density at radius 1 is 0.955 bits per heavy atom. The van der Waals surface area contributed by atoms with Crippen molar-refractivity contribution in [1.29, 1.82) is 0 Å². The third kappa shape index (κ3) is 7.58. The fourth-order valence-electron chi connectivity index (χ4n) is 2.81. The summed E-state index contributed by atoms with van der Waals surface area (Å²) in [6.07, 6.45) is 7.69. The number of hydrogen-bond donors (Lipinski definition) is 2. The van der Waals surface area contributed by atoms with E-state index < -0.39 is 10.0 Å². The maximum absolute atomic E-state index is 12.0. The summed E-state index contributed by atoms with van der Waals surface area (Å²) in [7, 11) is -3.23. The molecule has 22 heavy (non-hydrogen) atoms. The molecule has 6 heteroatoms. The van der Waals surface area contributed by atoms with Crippen molar-refractivity contribution in [1.82, 2.24) is 10.0 Å². The topological polar surface area (TPSA) is 58.2 Å². The molecule has 2 N–H and O–H groups in total. The number of hydrogen-bond acceptors (Lipinski definition) is 3. The van der Waals surface area contributed by atoms with Crippen LogP contribution in [0.5, 0.6) is 0 Å². The maximum atomic E-state index is 12.0. The van der Waals surface area contributed by atoms with Crippen LogP contribution in [0.3, 0.4) is 0 Å². The van der Waals surface area contributed by atoms with E-state index >= 15 is 0 Å². The van der Waals surface area contributed by atoms with Crippen molar-refractivity contribution >= 4 is 22.4 Å². The Labute approximate surface area is 140 Å². The normalized spacial score (nSPS) is 16.7. The van der Waals surface area contributed by atoms with Crippen LogP contribution in [0.2, 0.25) is 0 Å². The second kappa shape index (κ2) is 10.2. The lowest BCUT2D eigenvalue weighted by atomic mass is 10.1. The van der Waals surface area contributed by atoms with Gasteiger partial charge in [-0.25, -0.2) is 13.1 Å². The van der Waals surface area contributed by atoms with Gasteiger partial charge in [0.15, 0.2) is 0 Å². The van der Waals surface area contributed by atoms with Gasteiger partial charge in [0.2, 0.25) is 10.0 Å². The molecule has 0 radical (unpaired) electrons. The molecule has 0 heterocycles. The Bertz CT molecular complexity index is 500. The predicted molar refractivity (Wildman–Crippen MR) is 93.8 cm³/mol. The minimum absolute atomic E-state index is 0. The molecule has 0 aromatic heterocycles. The molecule has 0 bridgehead atoms. The van der Waals surface area contributed by atoms with Crippen LogP contribution < -0.4 is 10.0 Å². The van der Waals surface area contributed by atoms with Crippen molar-refractivity contribution < 1.29 is 8.42 Å². The molecule has 1 aromatic rings. The molecule has 4 nitrogen and oxygen atoms in total. The van der Waals surface area contributed by atoms with E-state index in [0.29, 0.717) is 19.1 Å². The molecule has 126 valence electrons. The SMILES string of the molecule is Cl.O=S(=O)(Cc1ccccc1)NCCNC1CCCCCC1. The lowest BCUT2D eigenvalue weighted by molar-refractivity contribution is 0.461. The van der Waals surface area contributed by atoms with Crippen molar-refractivity contribution in [3.63, 3.8) is 0 Å². The number of benzene rings is 1. The van der Waals surface area contributed by atoms with Gasteiger partial charge in [-0.1, -0.05) is 56.0 Å². The first-order valence-electron chi connectivity index (χ1n) is 7.90. The van der Waals surface area contributed by atoms with Crippen molar-refractivity contribution in [2.75, 3.05) is 13.1 Å². The van der Waals surface area contributed by atoms with E-state index in [1.54, 1.807) is 0 Å². The Morgan fingerprint density at radius 2 is 1.59 bits per heavy atom. The van der Waals surface area contributed by atoms with Crippen LogP contribution >= 0.6 is 12.4 Å². The summed E-state index contributed by atoms with van der Waals surface area (Å²) >= 11 is 0. The monoisotopic (exact) mass is 346 g/mol. The van der Waals surface area contributed by atoms with E-state index in [2.05, 4.69) is 10.0 Å². The van der Waals surface area contributed by atoms with E-state index in [0.717, 1.165) is 5.56 Å². The zero-order valence-corrected chi connectivity index (χ0v) is 14.6. The number of rotatable bonds is 7. The highest BCUT2D eigenvalue weighted by Crippen LogP contribution is 2.16. The maximum Gasteiger partial charge on any atom is 0.215 e. The summed E-state index contributed by atoms with van der Waals surface area (Å²) in [5.41, 5.74) is 0.821. The summed E-state index contributed by atoms with van der Waals surface area (Å²) in [6.45, 7) is 1.17. The summed E-state index contributed by atoms with van der Waals surface area (Å²) in [5.74, 6) is 0.0528. The molecule has 0 unspecified atom stereocenters. The van der Waals surface area contributed by atoms with Crippen molar-refractivity contribution in [3.8, 4) is 0 Å². The highest BCUT2D eigenvalue weighted by Gasteiger charge is 2.13. The van der Waals surface area contributed by atoms with Crippen molar-refractivity contribution in [3.05, 3.63) is 35.9 Å². The second-order valence-electron chi connectivity index (χ2n) is 5.78. The molecule has 1 fully saturated rings. The average Bonchev–Trinajstić information content (AvgIpc) is 2.73. The van der Waals surface area contributed by atoms with E-state index in [-0.39, 0.29) is 18.2 Å². The fraction of sp³-hybridized carbons (Fsp3) is 0.625. The van der Waals surface area contributed by atoms with Crippen LogP contribution in [-0.4, -0.2) is 27.5 Å². The van der Waals surface area contributed by atoms with Crippen LogP contribution in [0.1, 0.15) is 44.1 Å². The largest absolute Gasteiger partial charge is 0.313 e. The van der Waals surface area contributed by atoms with E-state index in [9.17, 15) is 8.42 Å². The molecule has 0 aliphatic heterocycles. The van der Waals surface area contributed by atoms with E-state index in [4.69, 9.17) is 0 Å². The Balaban J connectivity index is 0.00000242. The predicted octanol–water partition coefficient (Wildman–Crippen LogP) is 2.84. The number of sulfonamides is 1. The van der Waals surface area contributed by atoms with E-state index in [1.165, 1.54) is 38.5 Å². The quantitative estimate of drug-likeness (QED) is 0.589. The van der Waals surface area contributed by atoms with Crippen LogP contribution in [0.4, 0.5) is 0 Å². The number of halogens is 1. The third-order valence-electron chi connectivity index (χ3n) is 3.93.